The minimum Gasteiger partial charge on any atom is -0.497 e. The highest BCUT2D eigenvalue weighted by molar-refractivity contribution is 7.99. The average molecular weight is 419 g/mol. The summed E-state index contributed by atoms with van der Waals surface area (Å²) in [4.78, 5) is 24.0. The molecular weight excluding hydrogens is 392 g/mol. The van der Waals surface area contributed by atoms with Crippen LogP contribution in [0, 0.1) is 0 Å². The molecule has 2 aromatic rings. The average Bonchev–Trinajstić information content (AvgIpc) is 3.07. The van der Waals surface area contributed by atoms with Crippen LogP contribution in [0.2, 0.25) is 0 Å². The molecule has 1 aromatic heterocycles. The van der Waals surface area contributed by atoms with Gasteiger partial charge in [-0.3, -0.25) is 10.1 Å². The summed E-state index contributed by atoms with van der Waals surface area (Å²) in [5, 5.41) is 13.8. The van der Waals surface area contributed by atoms with Crippen LogP contribution in [0.15, 0.2) is 29.4 Å². The smallest absolute Gasteiger partial charge is 0.321 e. The van der Waals surface area contributed by atoms with E-state index in [4.69, 9.17) is 10.6 Å². The molecule has 1 aromatic carbocycles. The Morgan fingerprint density at radius 2 is 1.93 bits per heavy atom. The van der Waals surface area contributed by atoms with E-state index < -0.39 is 11.9 Å². The van der Waals surface area contributed by atoms with Gasteiger partial charge in [-0.05, 0) is 30.5 Å². The fraction of sp³-hybridized carbons (Fsp3) is 0.474. The molecule has 1 heterocycles. The Balaban J connectivity index is 1.46. The first kappa shape index (κ1) is 21.0. The minimum absolute atomic E-state index is 0.0238. The van der Waals surface area contributed by atoms with Gasteiger partial charge in [0.05, 0.1) is 12.9 Å². The number of urea groups is 1. The van der Waals surface area contributed by atoms with Gasteiger partial charge in [0.1, 0.15) is 5.75 Å². The molecule has 0 radical (unpaired) electrons. The monoisotopic (exact) mass is 418 g/mol. The maximum Gasteiger partial charge on any atom is 0.321 e. The van der Waals surface area contributed by atoms with Crippen molar-refractivity contribution in [2.75, 3.05) is 18.7 Å². The zero-order valence-electron chi connectivity index (χ0n) is 16.4. The van der Waals surface area contributed by atoms with E-state index in [1.165, 1.54) is 11.1 Å². The third-order valence-corrected chi connectivity index (χ3v) is 5.73. The Morgan fingerprint density at radius 3 is 2.62 bits per heavy atom. The van der Waals surface area contributed by atoms with Crippen molar-refractivity contribution in [3.8, 4) is 5.75 Å². The number of benzene rings is 1. The fourth-order valence-corrected chi connectivity index (χ4v) is 3.89. The van der Waals surface area contributed by atoms with Crippen LogP contribution in [0.4, 0.5) is 4.79 Å². The summed E-state index contributed by atoms with van der Waals surface area (Å²) < 4.78 is 6.51. The number of ether oxygens (including phenoxy) is 1. The van der Waals surface area contributed by atoms with E-state index in [-0.39, 0.29) is 11.8 Å². The highest BCUT2D eigenvalue weighted by Gasteiger charge is 2.18. The second kappa shape index (κ2) is 10.1. The number of nitrogens with one attached hydrogen (secondary N) is 2. The van der Waals surface area contributed by atoms with E-state index in [0.29, 0.717) is 17.4 Å². The molecule has 9 nitrogen and oxygen atoms in total. The van der Waals surface area contributed by atoms with E-state index in [2.05, 4.69) is 20.8 Å². The lowest BCUT2D eigenvalue weighted by Crippen LogP contribution is -2.45. The molecule has 1 saturated carbocycles. The second-order valence-corrected chi connectivity index (χ2v) is 7.88. The van der Waals surface area contributed by atoms with E-state index in [0.717, 1.165) is 48.8 Å². The van der Waals surface area contributed by atoms with Gasteiger partial charge < -0.3 is 15.9 Å². The molecule has 1 aliphatic carbocycles. The number of hydrogen-bond acceptors (Lipinski definition) is 7. The maximum atomic E-state index is 12.0. The van der Waals surface area contributed by atoms with Crippen LogP contribution < -0.4 is 21.2 Å². The largest absolute Gasteiger partial charge is 0.497 e. The number of hydrogen-bond donors (Lipinski definition) is 3. The number of imide groups is 1. The number of methoxy groups -OCH3 is 1. The van der Waals surface area contributed by atoms with E-state index in [1.807, 2.05) is 24.3 Å². The first-order valence-corrected chi connectivity index (χ1v) is 10.6. The van der Waals surface area contributed by atoms with E-state index in [1.54, 1.807) is 7.11 Å². The van der Waals surface area contributed by atoms with Crippen LogP contribution in [0.25, 0.3) is 0 Å². The first-order chi connectivity index (χ1) is 14.0. The summed E-state index contributed by atoms with van der Waals surface area (Å²) in [5.74, 6) is 7.03. The molecule has 10 heteroatoms. The Hall–Kier alpha value is -2.75. The van der Waals surface area contributed by atoms with Crippen molar-refractivity contribution in [2.45, 2.75) is 49.7 Å². The van der Waals surface area contributed by atoms with Gasteiger partial charge in [0, 0.05) is 12.5 Å². The maximum absolute atomic E-state index is 12.0. The van der Waals surface area contributed by atoms with Gasteiger partial charge in [-0.2, -0.15) is 0 Å². The van der Waals surface area contributed by atoms with Crippen LogP contribution in [0.1, 0.15) is 43.5 Å². The highest BCUT2D eigenvalue weighted by Crippen LogP contribution is 2.18. The van der Waals surface area contributed by atoms with Crippen LogP contribution in [0.5, 0.6) is 5.75 Å². The molecule has 1 fully saturated rings. The lowest BCUT2D eigenvalue weighted by Gasteiger charge is -2.22. The zero-order chi connectivity index (χ0) is 20.6. The number of nitrogen functional groups attached to an aromatic ring is 1. The molecular formula is C19H26N6O3S. The lowest BCUT2D eigenvalue weighted by molar-refractivity contribution is -0.117. The SMILES string of the molecule is COc1ccc(Cc2nnc(SCC(=O)NC(=O)NC3CCCCC3)n2N)cc1. The molecule has 0 aliphatic heterocycles. The third kappa shape index (κ3) is 6.11. The summed E-state index contributed by atoms with van der Waals surface area (Å²) in [6.45, 7) is 0. The van der Waals surface area contributed by atoms with Gasteiger partial charge in [-0.25, -0.2) is 9.47 Å². The van der Waals surface area contributed by atoms with Gasteiger partial charge >= 0.3 is 6.03 Å². The standard InChI is InChI=1S/C19H26N6O3S/c1-28-15-9-7-13(8-10-15)11-16-23-24-19(25(16)20)29-12-17(26)22-18(27)21-14-5-3-2-4-6-14/h7-10,14H,2-6,11-12,20H2,1H3,(H2,21,22,26,27). The van der Waals surface area contributed by atoms with Crippen molar-refractivity contribution in [1.29, 1.82) is 0 Å². The van der Waals surface area contributed by atoms with Crippen molar-refractivity contribution in [3.63, 3.8) is 0 Å². The molecule has 1 aliphatic rings. The number of carbonyl (C=O) groups is 2. The molecule has 0 atom stereocenters. The molecule has 4 N–H and O–H groups in total. The molecule has 156 valence electrons. The molecule has 0 saturated heterocycles. The number of aromatic nitrogens is 3. The zero-order valence-corrected chi connectivity index (χ0v) is 17.2. The van der Waals surface area contributed by atoms with Crippen LogP contribution >= 0.6 is 11.8 Å². The molecule has 0 bridgehead atoms. The summed E-state index contributed by atoms with van der Waals surface area (Å²) in [5.41, 5.74) is 1.01. The molecule has 3 amide bonds. The topological polar surface area (TPSA) is 124 Å². The van der Waals surface area contributed by atoms with Crippen molar-refractivity contribution in [3.05, 3.63) is 35.7 Å². The lowest BCUT2D eigenvalue weighted by atomic mass is 9.96. The number of amides is 3. The predicted octanol–water partition coefficient (Wildman–Crippen LogP) is 1.84. The van der Waals surface area contributed by atoms with Gasteiger partial charge in [-0.1, -0.05) is 43.2 Å². The predicted molar refractivity (Wildman–Crippen MR) is 110 cm³/mol. The first-order valence-electron chi connectivity index (χ1n) is 9.60. The number of rotatable bonds is 7. The molecule has 3 rings (SSSR count). The third-order valence-electron chi connectivity index (χ3n) is 4.78. The van der Waals surface area contributed by atoms with E-state index in [9.17, 15) is 9.59 Å². The second-order valence-electron chi connectivity index (χ2n) is 6.94. The van der Waals surface area contributed by atoms with Crippen molar-refractivity contribution < 1.29 is 14.3 Å². The number of nitrogens with two attached hydrogens (primary N) is 1. The van der Waals surface area contributed by atoms with Crippen molar-refractivity contribution >= 4 is 23.7 Å². The Kier molecular flexibility index (Phi) is 7.34. The van der Waals surface area contributed by atoms with Gasteiger partial charge in [0.2, 0.25) is 11.1 Å². The normalized spacial score (nSPS) is 14.4. The van der Waals surface area contributed by atoms with Gasteiger partial charge in [0.15, 0.2) is 5.82 Å². The van der Waals surface area contributed by atoms with E-state index >= 15 is 0 Å². The van der Waals surface area contributed by atoms with Crippen LogP contribution in [-0.4, -0.2) is 45.7 Å². The number of nitrogens with zero attached hydrogens (tertiary/aromatic N) is 3. The van der Waals surface area contributed by atoms with Crippen LogP contribution in [0.3, 0.4) is 0 Å². The van der Waals surface area contributed by atoms with Crippen molar-refractivity contribution in [1.82, 2.24) is 25.5 Å². The Bertz CT molecular complexity index is 833. The summed E-state index contributed by atoms with van der Waals surface area (Å²) in [7, 11) is 1.62. The summed E-state index contributed by atoms with van der Waals surface area (Å²) >= 11 is 1.13. The number of carbonyl (C=O) groups excluding carboxylic acids is 2. The highest BCUT2D eigenvalue weighted by atomic mass is 32.2. The Labute approximate surface area is 173 Å². The molecule has 29 heavy (non-hydrogen) atoms. The minimum atomic E-state index is -0.447. The number of thioether (sulfide) groups is 1. The quantitative estimate of drug-likeness (QED) is 0.463. The molecule has 0 unspecified atom stereocenters. The van der Waals surface area contributed by atoms with Gasteiger partial charge in [0.25, 0.3) is 0 Å². The molecule has 0 spiro atoms. The van der Waals surface area contributed by atoms with Crippen LogP contribution in [-0.2, 0) is 11.2 Å². The Morgan fingerprint density at radius 1 is 1.21 bits per heavy atom. The van der Waals surface area contributed by atoms with Crippen molar-refractivity contribution in [2.24, 2.45) is 0 Å². The van der Waals surface area contributed by atoms with Gasteiger partial charge in [-0.15, -0.1) is 10.2 Å². The summed E-state index contributed by atoms with van der Waals surface area (Å²) in [6.07, 6.45) is 5.85. The fourth-order valence-electron chi connectivity index (χ4n) is 3.21. The summed E-state index contributed by atoms with van der Waals surface area (Å²) in [6, 6.07) is 7.29.